The van der Waals surface area contributed by atoms with Crippen LogP contribution < -0.4 is 26.1 Å². The van der Waals surface area contributed by atoms with Crippen LogP contribution >= 0.6 is 0 Å². The van der Waals surface area contributed by atoms with Crippen molar-refractivity contribution in [3.63, 3.8) is 0 Å². The van der Waals surface area contributed by atoms with E-state index in [9.17, 15) is 23.5 Å². The lowest BCUT2D eigenvalue weighted by Crippen LogP contribution is -2.54. The number of anilines is 1. The van der Waals surface area contributed by atoms with E-state index in [1.165, 1.54) is 9.47 Å². The van der Waals surface area contributed by atoms with E-state index in [1.807, 2.05) is 0 Å². The lowest BCUT2D eigenvalue weighted by atomic mass is 10.1. The molecule has 2 aliphatic rings. The van der Waals surface area contributed by atoms with Crippen molar-refractivity contribution in [2.75, 3.05) is 31.1 Å². The van der Waals surface area contributed by atoms with E-state index in [4.69, 9.17) is 21.3 Å². The summed E-state index contributed by atoms with van der Waals surface area (Å²) in [6.45, 7) is -2.70. The Hall–Kier alpha value is -3.97. The Balaban J connectivity index is 1.82. The van der Waals surface area contributed by atoms with Crippen molar-refractivity contribution in [3.8, 4) is 5.75 Å². The zero-order valence-electron chi connectivity index (χ0n) is 17.8. The third-order valence-corrected chi connectivity index (χ3v) is 5.74. The zero-order chi connectivity index (χ0) is 24.7. The summed E-state index contributed by atoms with van der Waals surface area (Å²) >= 11 is 0. The second-order valence-electron chi connectivity index (χ2n) is 7.99. The summed E-state index contributed by atoms with van der Waals surface area (Å²) < 4.78 is 48.4. The van der Waals surface area contributed by atoms with Gasteiger partial charge in [-0.05, 0) is 18.9 Å². The lowest BCUT2D eigenvalue weighted by Gasteiger charge is -2.38. The van der Waals surface area contributed by atoms with E-state index in [2.05, 4.69) is 5.32 Å². The molecular formula is C20H22F3N7O4. The van der Waals surface area contributed by atoms with Gasteiger partial charge in [0.15, 0.2) is 23.5 Å². The molecule has 1 saturated heterocycles. The maximum absolute atomic E-state index is 15.3. The number of nitrogens with two attached hydrogens (primary N) is 1. The van der Waals surface area contributed by atoms with Crippen LogP contribution in [0.2, 0.25) is 0 Å². The van der Waals surface area contributed by atoms with Crippen LogP contribution in [-0.4, -0.2) is 65.3 Å². The van der Waals surface area contributed by atoms with Gasteiger partial charge in [0, 0.05) is 38.4 Å². The van der Waals surface area contributed by atoms with Crippen molar-refractivity contribution >= 4 is 34.5 Å². The van der Waals surface area contributed by atoms with E-state index in [1.54, 1.807) is 4.90 Å². The molecule has 0 amide bonds. The number of piperazine rings is 1. The molecule has 0 radical (unpaired) electrons. The number of halogens is 3. The third-order valence-electron chi connectivity index (χ3n) is 5.74. The highest BCUT2D eigenvalue weighted by Crippen LogP contribution is 2.44. The molecule has 6 N–H and O–H groups in total. The van der Waals surface area contributed by atoms with Crippen molar-refractivity contribution in [3.05, 3.63) is 33.9 Å². The average Bonchev–Trinajstić information content (AvgIpc) is 3.59. The fraction of sp³-hybridized carbons (Fsp3) is 0.400. The molecule has 0 unspecified atom stereocenters. The van der Waals surface area contributed by atoms with Gasteiger partial charge in [-0.2, -0.15) is 8.78 Å². The number of nitrogens with one attached hydrogen (secondary N) is 3. The molecular weight excluding hydrogens is 459 g/mol. The number of aromatic carboxylic acids is 1. The van der Waals surface area contributed by atoms with Crippen molar-refractivity contribution in [2.24, 2.45) is 5.73 Å². The number of alkyl halides is 2. The highest BCUT2D eigenvalue weighted by Gasteiger charge is 2.33. The van der Waals surface area contributed by atoms with Crippen LogP contribution in [0.15, 0.2) is 17.1 Å². The third kappa shape index (κ3) is 4.30. The maximum Gasteiger partial charge on any atom is 0.387 e. The molecule has 1 aliphatic heterocycles. The van der Waals surface area contributed by atoms with Gasteiger partial charge in [0.05, 0.1) is 10.9 Å². The largest absolute Gasteiger partial charge is 0.477 e. The molecule has 182 valence electrons. The lowest BCUT2D eigenvalue weighted by molar-refractivity contribution is -0.0488. The van der Waals surface area contributed by atoms with Crippen molar-refractivity contribution < 1.29 is 27.8 Å². The number of carboxylic acid groups (broad SMARTS) is 1. The number of rotatable bonds is 5. The molecule has 2 heterocycles. The zero-order valence-corrected chi connectivity index (χ0v) is 17.8. The number of aromatic nitrogens is 1. The highest BCUT2D eigenvalue weighted by atomic mass is 19.3. The summed E-state index contributed by atoms with van der Waals surface area (Å²) in [5.41, 5.74) is 3.31. The van der Waals surface area contributed by atoms with Gasteiger partial charge in [-0.25, -0.2) is 9.18 Å². The minimum Gasteiger partial charge on any atom is -0.477 e. The predicted molar refractivity (Wildman–Crippen MR) is 117 cm³/mol. The molecule has 2 aromatic rings. The highest BCUT2D eigenvalue weighted by molar-refractivity contribution is 5.97. The van der Waals surface area contributed by atoms with Crippen molar-refractivity contribution in [1.82, 2.24) is 14.8 Å². The minimum atomic E-state index is -3.32. The van der Waals surface area contributed by atoms with Crippen LogP contribution in [0, 0.1) is 16.6 Å². The molecule has 1 aromatic heterocycles. The molecule has 4 rings (SSSR count). The Morgan fingerprint density at radius 2 is 1.88 bits per heavy atom. The molecule has 14 heteroatoms. The number of hydrogen-bond donors (Lipinski definition) is 5. The summed E-state index contributed by atoms with van der Waals surface area (Å²) in [5, 5.41) is 26.5. The Morgan fingerprint density at radius 3 is 2.41 bits per heavy atom. The standard InChI is InChI=1S/C20H22F3N7O4/c21-12-7-10-13(30(9-1-2-9)8-11(15(10)31)17(32)33)16(34-18(22)23)14(12)28-3-5-29(6-4-28)20(26)27-19(24)25/h7-9,18H,1-6H2,(H,32,33)(H5,24,25,26,27). The second kappa shape index (κ2) is 8.76. The van der Waals surface area contributed by atoms with E-state index in [0.29, 0.717) is 12.8 Å². The van der Waals surface area contributed by atoms with Crippen LogP contribution in [-0.2, 0) is 0 Å². The van der Waals surface area contributed by atoms with Crippen LogP contribution in [0.4, 0.5) is 18.9 Å². The van der Waals surface area contributed by atoms with Gasteiger partial charge >= 0.3 is 12.6 Å². The van der Waals surface area contributed by atoms with Crippen LogP contribution in [0.25, 0.3) is 10.9 Å². The summed E-state index contributed by atoms with van der Waals surface area (Å²) in [6, 6.07) is 0.636. The average molecular weight is 481 g/mol. The number of ether oxygens (including phenoxy) is 1. The smallest absolute Gasteiger partial charge is 0.387 e. The molecule has 1 saturated carbocycles. The number of guanidine groups is 2. The van der Waals surface area contributed by atoms with Crippen molar-refractivity contribution in [2.45, 2.75) is 25.5 Å². The molecule has 1 aromatic carbocycles. The fourth-order valence-corrected chi connectivity index (χ4v) is 4.09. The van der Waals surface area contributed by atoms with E-state index < -0.39 is 41.1 Å². The van der Waals surface area contributed by atoms with Gasteiger partial charge in [-0.15, -0.1) is 0 Å². The van der Waals surface area contributed by atoms with E-state index >= 15 is 4.39 Å². The number of carboxylic acids is 1. The quantitative estimate of drug-likeness (QED) is 0.316. The first-order valence-corrected chi connectivity index (χ1v) is 10.4. The maximum atomic E-state index is 15.3. The minimum absolute atomic E-state index is 0.0809. The summed E-state index contributed by atoms with van der Waals surface area (Å²) in [5.74, 6) is -3.58. The van der Waals surface area contributed by atoms with Gasteiger partial charge in [0.1, 0.15) is 11.3 Å². The van der Waals surface area contributed by atoms with E-state index in [-0.39, 0.29) is 54.8 Å². The first kappa shape index (κ1) is 23.2. The Labute approximate surface area is 190 Å². The molecule has 0 atom stereocenters. The number of hydrogen-bond acceptors (Lipinski definition) is 6. The predicted octanol–water partition coefficient (Wildman–Crippen LogP) is 1.31. The Bertz CT molecular complexity index is 1240. The normalized spacial score (nSPS) is 16.1. The van der Waals surface area contributed by atoms with Crippen LogP contribution in [0.1, 0.15) is 29.2 Å². The molecule has 11 nitrogen and oxygen atoms in total. The number of benzene rings is 1. The van der Waals surface area contributed by atoms with Gasteiger partial charge in [-0.3, -0.25) is 20.9 Å². The summed E-state index contributed by atoms with van der Waals surface area (Å²) in [7, 11) is 0. The Morgan fingerprint density at radius 1 is 1.24 bits per heavy atom. The van der Waals surface area contributed by atoms with Crippen LogP contribution in [0.5, 0.6) is 5.75 Å². The monoisotopic (exact) mass is 481 g/mol. The number of pyridine rings is 1. The number of carbonyl (C=O) groups is 1. The van der Waals surface area contributed by atoms with Crippen LogP contribution in [0.3, 0.4) is 0 Å². The fourth-order valence-electron chi connectivity index (χ4n) is 4.09. The second-order valence-corrected chi connectivity index (χ2v) is 7.99. The molecule has 0 bridgehead atoms. The SMILES string of the molecule is N=C(N)NC(=N)N1CCN(c2c(F)cc3c(=O)c(C(=O)O)cn(C4CC4)c3c2OC(F)F)CC1. The summed E-state index contributed by atoms with van der Waals surface area (Å²) in [4.78, 5) is 27.3. The number of fused-ring (bicyclic) bond motifs is 1. The van der Waals surface area contributed by atoms with Gasteiger partial charge in [0.25, 0.3) is 0 Å². The molecule has 1 aliphatic carbocycles. The van der Waals surface area contributed by atoms with Gasteiger partial charge in [0.2, 0.25) is 5.43 Å². The first-order chi connectivity index (χ1) is 16.1. The summed E-state index contributed by atoms with van der Waals surface area (Å²) in [6.07, 6.45) is 2.38. The first-order valence-electron chi connectivity index (χ1n) is 10.4. The molecule has 0 spiro atoms. The topological polar surface area (TPSA) is 161 Å². The van der Waals surface area contributed by atoms with E-state index in [0.717, 1.165) is 12.3 Å². The van der Waals surface area contributed by atoms with Gasteiger partial charge in [-0.1, -0.05) is 0 Å². The molecule has 34 heavy (non-hydrogen) atoms. The van der Waals surface area contributed by atoms with Gasteiger partial charge < -0.3 is 29.9 Å². The number of nitrogens with zero attached hydrogens (tertiary/aromatic N) is 3. The van der Waals surface area contributed by atoms with Crippen molar-refractivity contribution in [1.29, 1.82) is 10.8 Å². The molecule has 2 fully saturated rings. The Kier molecular flexibility index (Phi) is 5.98.